The fraction of sp³-hybridized carbons (Fsp3) is 0.667. The molecule has 0 aliphatic heterocycles. The van der Waals surface area contributed by atoms with Crippen molar-refractivity contribution in [1.29, 1.82) is 0 Å². The van der Waals surface area contributed by atoms with Crippen LogP contribution in [0, 0.1) is 0 Å². The van der Waals surface area contributed by atoms with Crippen LogP contribution >= 0.6 is 15.9 Å². The summed E-state index contributed by atoms with van der Waals surface area (Å²) >= 11 is 3.48. The largest absolute Gasteiger partial charge is 0.390 e. The molecule has 0 unspecified atom stereocenters. The van der Waals surface area contributed by atoms with Crippen molar-refractivity contribution in [2.75, 3.05) is 0 Å². The SMILES string of the molecule is CCc1c(Br)c(CO)nn1C1CC1. The van der Waals surface area contributed by atoms with Crippen molar-refractivity contribution in [2.45, 2.75) is 38.8 Å². The van der Waals surface area contributed by atoms with E-state index in [1.165, 1.54) is 18.5 Å². The van der Waals surface area contributed by atoms with Crippen molar-refractivity contribution < 1.29 is 5.11 Å². The highest BCUT2D eigenvalue weighted by Crippen LogP contribution is 2.38. The Kier molecular flexibility index (Phi) is 2.43. The van der Waals surface area contributed by atoms with Crippen LogP contribution in [0.3, 0.4) is 0 Å². The van der Waals surface area contributed by atoms with E-state index in [0.29, 0.717) is 6.04 Å². The minimum atomic E-state index is 0.0211. The molecule has 0 aromatic carbocycles. The topological polar surface area (TPSA) is 38.1 Å². The van der Waals surface area contributed by atoms with Crippen LogP contribution in [-0.4, -0.2) is 14.9 Å². The zero-order valence-corrected chi connectivity index (χ0v) is 9.21. The fourth-order valence-electron chi connectivity index (χ4n) is 1.54. The maximum atomic E-state index is 9.05. The standard InChI is InChI=1S/C9H13BrN2O/c1-2-8-9(10)7(5-13)11-12(8)6-3-4-6/h6,13H,2-5H2,1H3. The molecule has 1 heterocycles. The minimum absolute atomic E-state index is 0.0211. The number of aliphatic hydroxyl groups is 1. The summed E-state index contributed by atoms with van der Waals surface area (Å²) in [5.41, 5.74) is 1.98. The smallest absolute Gasteiger partial charge is 0.102 e. The molecule has 1 N–H and O–H groups in total. The third-order valence-corrected chi connectivity index (χ3v) is 3.30. The van der Waals surface area contributed by atoms with E-state index in [2.05, 4.69) is 32.6 Å². The van der Waals surface area contributed by atoms with Crippen LogP contribution in [0.4, 0.5) is 0 Å². The molecule has 1 aliphatic carbocycles. The molecule has 2 rings (SSSR count). The first-order valence-electron chi connectivity index (χ1n) is 4.64. The second kappa shape index (κ2) is 3.42. The molecule has 0 radical (unpaired) electrons. The molecule has 1 saturated carbocycles. The Morgan fingerprint density at radius 3 is 2.77 bits per heavy atom. The summed E-state index contributed by atoms with van der Waals surface area (Å²) in [6, 6.07) is 0.589. The summed E-state index contributed by atoms with van der Waals surface area (Å²) in [6.07, 6.45) is 3.42. The first kappa shape index (κ1) is 9.21. The third kappa shape index (κ3) is 1.53. The molecule has 0 bridgehead atoms. The van der Waals surface area contributed by atoms with Gasteiger partial charge in [-0.3, -0.25) is 4.68 Å². The number of aromatic nitrogens is 2. The van der Waals surface area contributed by atoms with Crippen LogP contribution in [0.15, 0.2) is 4.47 Å². The van der Waals surface area contributed by atoms with E-state index in [1.807, 2.05) is 0 Å². The van der Waals surface area contributed by atoms with Gasteiger partial charge < -0.3 is 5.11 Å². The Morgan fingerprint density at radius 2 is 2.31 bits per heavy atom. The van der Waals surface area contributed by atoms with Gasteiger partial charge in [-0.2, -0.15) is 5.10 Å². The van der Waals surface area contributed by atoms with Gasteiger partial charge >= 0.3 is 0 Å². The van der Waals surface area contributed by atoms with Crippen LogP contribution in [-0.2, 0) is 13.0 Å². The van der Waals surface area contributed by atoms with Crippen molar-refractivity contribution in [3.63, 3.8) is 0 Å². The summed E-state index contributed by atoms with van der Waals surface area (Å²) < 4.78 is 3.06. The van der Waals surface area contributed by atoms with Crippen LogP contribution in [0.2, 0.25) is 0 Å². The lowest BCUT2D eigenvalue weighted by Gasteiger charge is -2.02. The van der Waals surface area contributed by atoms with Crippen LogP contribution in [0.5, 0.6) is 0 Å². The van der Waals surface area contributed by atoms with Crippen LogP contribution in [0.25, 0.3) is 0 Å². The molecule has 0 saturated heterocycles. The van der Waals surface area contributed by atoms with Gasteiger partial charge in [0.25, 0.3) is 0 Å². The first-order chi connectivity index (χ1) is 6.27. The Hall–Kier alpha value is -0.350. The summed E-state index contributed by atoms with van der Waals surface area (Å²) in [5, 5.41) is 13.4. The van der Waals surface area contributed by atoms with Gasteiger partial charge in [-0.05, 0) is 35.2 Å². The first-order valence-corrected chi connectivity index (χ1v) is 5.43. The average molecular weight is 245 g/mol. The molecular formula is C9H13BrN2O. The lowest BCUT2D eigenvalue weighted by atomic mass is 10.3. The van der Waals surface area contributed by atoms with E-state index in [1.54, 1.807) is 0 Å². The summed E-state index contributed by atoms with van der Waals surface area (Å²) in [4.78, 5) is 0. The maximum Gasteiger partial charge on any atom is 0.102 e. The Labute approximate surface area is 85.9 Å². The number of hydrogen-bond donors (Lipinski definition) is 1. The predicted molar refractivity (Wildman–Crippen MR) is 53.5 cm³/mol. The molecule has 3 nitrogen and oxygen atoms in total. The summed E-state index contributed by atoms with van der Waals surface area (Å²) in [6.45, 7) is 2.13. The summed E-state index contributed by atoms with van der Waals surface area (Å²) in [7, 11) is 0. The number of aliphatic hydroxyl groups excluding tert-OH is 1. The van der Waals surface area contributed by atoms with E-state index in [0.717, 1.165) is 16.6 Å². The number of nitrogens with zero attached hydrogens (tertiary/aromatic N) is 2. The molecule has 1 aromatic heterocycles. The van der Waals surface area contributed by atoms with Gasteiger partial charge in [-0.1, -0.05) is 6.92 Å². The quantitative estimate of drug-likeness (QED) is 0.884. The monoisotopic (exact) mass is 244 g/mol. The lowest BCUT2D eigenvalue weighted by Crippen LogP contribution is -2.01. The molecule has 1 fully saturated rings. The Morgan fingerprint density at radius 1 is 1.62 bits per heavy atom. The zero-order valence-electron chi connectivity index (χ0n) is 7.63. The molecule has 0 spiro atoms. The number of rotatable bonds is 3. The molecule has 1 aliphatic rings. The van der Waals surface area contributed by atoms with Crippen LogP contribution in [0.1, 0.15) is 37.2 Å². The van der Waals surface area contributed by atoms with Gasteiger partial charge in [0, 0.05) is 0 Å². The van der Waals surface area contributed by atoms with Gasteiger partial charge in [0.15, 0.2) is 0 Å². The number of halogens is 1. The second-order valence-electron chi connectivity index (χ2n) is 3.39. The molecule has 13 heavy (non-hydrogen) atoms. The summed E-state index contributed by atoms with van der Waals surface area (Å²) in [5.74, 6) is 0. The normalized spacial score (nSPS) is 16.5. The van der Waals surface area contributed by atoms with Gasteiger partial charge in [0.05, 0.1) is 22.8 Å². The molecule has 72 valence electrons. The van der Waals surface area contributed by atoms with Gasteiger partial charge in [0.1, 0.15) is 5.69 Å². The van der Waals surface area contributed by atoms with E-state index in [9.17, 15) is 0 Å². The molecule has 0 atom stereocenters. The molecule has 0 amide bonds. The molecule has 4 heteroatoms. The highest BCUT2D eigenvalue weighted by Gasteiger charge is 2.28. The van der Waals surface area contributed by atoms with E-state index < -0.39 is 0 Å². The third-order valence-electron chi connectivity index (χ3n) is 2.39. The zero-order chi connectivity index (χ0) is 9.42. The highest BCUT2D eigenvalue weighted by atomic mass is 79.9. The van der Waals surface area contributed by atoms with Crippen LogP contribution < -0.4 is 0 Å². The van der Waals surface area contributed by atoms with Crippen molar-refractivity contribution in [1.82, 2.24) is 9.78 Å². The minimum Gasteiger partial charge on any atom is -0.390 e. The van der Waals surface area contributed by atoms with E-state index in [4.69, 9.17) is 5.11 Å². The van der Waals surface area contributed by atoms with Gasteiger partial charge in [-0.25, -0.2) is 0 Å². The molecule has 1 aromatic rings. The van der Waals surface area contributed by atoms with Crippen molar-refractivity contribution in [3.8, 4) is 0 Å². The highest BCUT2D eigenvalue weighted by molar-refractivity contribution is 9.10. The van der Waals surface area contributed by atoms with Crippen molar-refractivity contribution >= 4 is 15.9 Å². The average Bonchev–Trinajstić information content (AvgIpc) is 2.91. The van der Waals surface area contributed by atoms with E-state index in [-0.39, 0.29) is 6.61 Å². The second-order valence-corrected chi connectivity index (χ2v) is 4.19. The predicted octanol–water partition coefficient (Wildman–Crippen LogP) is 2.04. The Balaban J connectivity index is 2.42. The molecular weight excluding hydrogens is 232 g/mol. The Bertz CT molecular complexity index is 318. The van der Waals surface area contributed by atoms with Crippen molar-refractivity contribution in [3.05, 3.63) is 15.9 Å². The van der Waals surface area contributed by atoms with Gasteiger partial charge in [-0.15, -0.1) is 0 Å². The van der Waals surface area contributed by atoms with E-state index >= 15 is 0 Å². The number of hydrogen-bond acceptors (Lipinski definition) is 2. The van der Waals surface area contributed by atoms with Gasteiger partial charge in [0.2, 0.25) is 0 Å². The maximum absolute atomic E-state index is 9.05. The van der Waals surface area contributed by atoms with Crippen molar-refractivity contribution in [2.24, 2.45) is 0 Å². The lowest BCUT2D eigenvalue weighted by molar-refractivity contribution is 0.274. The fourth-order valence-corrected chi connectivity index (χ4v) is 2.21.